The lowest BCUT2D eigenvalue weighted by atomic mass is 10.2. The van der Waals surface area contributed by atoms with E-state index in [2.05, 4.69) is 10.9 Å². The number of hydrazine groups is 1. The average Bonchev–Trinajstić information content (AvgIpc) is 2.66. The van der Waals surface area contributed by atoms with Crippen LogP contribution in [0.15, 0.2) is 42.5 Å². The zero-order valence-electron chi connectivity index (χ0n) is 15.6. The highest BCUT2D eigenvalue weighted by Crippen LogP contribution is 2.37. The van der Waals surface area contributed by atoms with Crippen molar-refractivity contribution >= 4 is 41.1 Å². The van der Waals surface area contributed by atoms with Crippen LogP contribution in [0.4, 0.5) is 0 Å². The number of carbonyl (C=O) groups is 2. The van der Waals surface area contributed by atoms with Crippen molar-refractivity contribution in [3.05, 3.63) is 63.6 Å². The van der Waals surface area contributed by atoms with E-state index in [0.717, 1.165) is 0 Å². The minimum atomic E-state index is -0.530. The van der Waals surface area contributed by atoms with Gasteiger partial charge in [-0.2, -0.15) is 0 Å². The Morgan fingerprint density at radius 1 is 1.07 bits per heavy atom. The monoisotopic (exact) mass is 422 g/mol. The topological polar surface area (TPSA) is 76.7 Å². The third-order valence-corrected chi connectivity index (χ3v) is 4.06. The first-order chi connectivity index (χ1) is 13.3. The Hall–Kier alpha value is -2.70. The van der Waals surface area contributed by atoms with Crippen molar-refractivity contribution in [3.63, 3.8) is 0 Å². The largest absolute Gasteiger partial charge is 0.493 e. The Kier molecular flexibility index (Phi) is 7.72. The first-order valence-corrected chi connectivity index (χ1v) is 9.14. The molecule has 28 heavy (non-hydrogen) atoms. The number of nitrogens with one attached hydrogen (secondary N) is 2. The van der Waals surface area contributed by atoms with Crippen molar-refractivity contribution in [1.82, 2.24) is 10.9 Å². The lowest BCUT2D eigenvalue weighted by molar-refractivity contribution is -0.117. The zero-order chi connectivity index (χ0) is 20.7. The molecule has 8 heteroatoms. The summed E-state index contributed by atoms with van der Waals surface area (Å²) in [6.45, 7) is 3.76. The summed E-state index contributed by atoms with van der Waals surface area (Å²) in [5.41, 5.74) is 5.47. The van der Waals surface area contributed by atoms with Gasteiger partial charge in [0.1, 0.15) is 0 Å². The van der Waals surface area contributed by atoms with Gasteiger partial charge in [-0.1, -0.05) is 35.3 Å². The van der Waals surface area contributed by atoms with Crippen LogP contribution in [0.5, 0.6) is 11.5 Å². The van der Waals surface area contributed by atoms with Gasteiger partial charge >= 0.3 is 0 Å². The summed E-state index contributed by atoms with van der Waals surface area (Å²) >= 11 is 12.2. The molecule has 0 unspecified atom stereocenters. The highest BCUT2D eigenvalue weighted by molar-refractivity contribution is 6.33. The van der Waals surface area contributed by atoms with E-state index < -0.39 is 11.8 Å². The van der Waals surface area contributed by atoms with Gasteiger partial charge in [0, 0.05) is 6.08 Å². The molecule has 2 rings (SSSR count). The fourth-order valence-corrected chi connectivity index (χ4v) is 2.72. The number of hydrogen-bond acceptors (Lipinski definition) is 4. The van der Waals surface area contributed by atoms with Crippen molar-refractivity contribution in [2.75, 3.05) is 7.11 Å². The summed E-state index contributed by atoms with van der Waals surface area (Å²) in [6.07, 6.45) is 2.71. The van der Waals surface area contributed by atoms with Crippen molar-refractivity contribution in [1.29, 1.82) is 0 Å². The van der Waals surface area contributed by atoms with Crippen molar-refractivity contribution < 1.29 is 19.1 Å². The predicted octanol–water partition coefficient (Wildman–Crippen LogP) is 4.26. The maximum absolute atomic E-state index is 12.0. The summed E-state index contributed by atoms with van der Waals surface area (Å²) in [6, 6.07) is 9.85. The molecule has 2 aromatic carbocycles. The van der Waals surface area contributed by atoms with Crippen LogP contribution in [-0.4, -0.2) is 25.0 Å². The van der Waals surface area contributed by atoms with Crippen LogP contribution in [0.1, 0.15) is 29.8 Å². The van der Waals surface area contributed by atoms with Crippen LogP contribution in [0, 0.1) is 0 Å². The lowest BCUT2D eigenvalue weighted by Crippen LogP contribution is -2.40. The minimum Gasteiger partial charge on any atom is -0.493 e. The Bertz CT molecular complexity index is 898. The third kappa shape index (κ3) is 5.90. The van der Waals surface area contributed by atoms with E-state index in [4.69, 9.17) is 32.7 Å². The van der Waals surface area contributed by atoms with Crippen molar-refractivity contribution in [2.24, 2.45) is 0 Å². The van der Waals surface area contributed by atoms with Crippen molar-refractivity contribution in [2.45, 2.75) is 20.0 Å². The third-order valence-electron chi connectivity index (χ3n) is 3.45. The SMILES string of the molecule is COc1cc(/C=C/C(=O)NNC(=O)c2ccccc2Cl)cc(Cl)c1OC(C)C. The molecule has 6 nitrogen and oxygen atoms in total. The van der Waals surface area contributed by atoms with E-state index in [1.54, 1.807) is 36.4 Å². The highest BCUT2D eigenvalue weighted by atomic mass is 35.5. The van der Waals surface area contributed by atoms with Crippen LogP contribution in [-0.2, 0) is 4.79 Å². The molecule has 0 heterocycles. The highest BCUT2D eigenvalue weighted by Gasteiger charge is 2.13. The number of carbonyl (C=O) groups excluding carboxylic acids is 2. The Balaban J connectivity index is 2.03. The van der Waals surface area contributed by atoms with Gasteiger partial charge in [-0.05, 0) is 49.8 Å². The second-order valence-electron chi connectivity index (χ2n) is 5.96. The molecule has 2 amide bonds. The van der Waals surface area contributed by atoms with Gasteiger partial charge in [-0.15, -0.1) is 0 Å². The van der Waals surface area contributed by atoms with Crippen LogP contribution in [0.2, 0.25) is 10.0 Å². The quantitative estimate of drug-likeness (QED) is 0.538. The summed E-state index contributed by atoms with van der Waals surface area (Å²) in [7, 11) is 1.50. The number of amides is 2. The van der Waals surface area contributed by atoms with E-state index in [-0.39, 0.29) is 16.7 Å². The molecule has 0 aliphatic carbocycles. The Morgan fingerprint density at radius 3 is 2.43 bits per heavy atom. The van der Waals surface area contributed by atoms with Gasteiger partial charge in [0.25, 0.3) is 11.8 Å². The molecule has 0 saturated carbocycles. The van der Waals surface area contributed by atoms with Crippen LogP contribution < -0.4 is 20.3 Å². The molecular formula is C20H20Cl2N2O4. The fourth-order valence-electron chi connectivity index (χ4n) is 2.23. The van der Waals surface area contributed by atoms with E-state index in [0.29, 0.717) is 22.1 Å². The molecule has 0 aliphatic rings. The first-order valence-electron chi connectivity index (χ1n) is 8.39. The molecule has 0 bridgehead atoms. The predicted molar refractivity (Wildman–Crippen MR) is 110 cm³/mol. The molecule has 0 aliphatic heterocycles. The number of benzene rings is 2. The second-order valence-corrected chi connectivity index (χ2v) is 6.77. The number of ether oxygens (including phenoxy) is 2. The number of methoxy groups -OCH3 is 1. The minimum absolute atomic E-state index is 0.0692. The van der Waals surface area contributed by atoms with Crippen LogP contribution >= 0.6 is 23.2 Å². The van der Waals surface area contributed by atoms with Gasteiger partial charge < -0.3 is 9.47 Å². The number of rotatable bonds is 6. The molecule has 0 atom stereocenters. The van der Waals surface area contributed by atoms with E-state index >= 15 is 0 Å². The standard InChI is InChI=1S/C20H20Cl2N2O4/c1-12(2)28-19-16(22)10-13(11-17(19)27-3)8-9-18(25)23-24-20(26)14-6-4-5-7-15(14)21/h4-12H,1-3H3,(H,23,25)(H,24,26)/b9-8+. The maximum atomic E-state index is 12.0. The molecule has 2 aromatic rings. The summed E-state index contributed by atoms with van der Waals surface area (Å²) in [5, 5.41) is 0.648. The molecule has 2 N–H and O–H groups in total. The summed E-state index contributed by atoms with van der Waals surface area (Å²) < 4.78 is 10.9. The van der Waals surface area contributed by atoms with E-state index in [9.17, 15) is 9.59 Å². The van der Waals surface area contributed by atoms with Crippen LogP contribution in [0.3, 0.4) is 0 Å². The van der Waals surface area contributed by atoms with Gasteiger partial charge in [0.15, 0.2) is 11.5 Å². The van der Waals surface area contributed by atoms with Gasteiger partial charge in [0.2, 0.25) is 0 Å². The molecular weight excluding hydrogens is 403 g/mol. The summed E-state index contributed by atoms with van der Waals surface area (Å²) in [4.78, 5) is 24.0. The number of halogens is 2. The lowest BCUT2D eigenvalue weighted by Gasteiger charge is -2.15. The fraction of sp³-hybridized carbons (Fsp3) is 0.200. The molecule has 0 radical (unpaired) electrons. The average molecular weight is 423 g/mol. The normalized spacial score (nSPS) is 10.8. The van der Waals surface area contributed by atoms with Gasteiger partial charge in [0.05, 0.1) is 28.8 Å². The molecule has 0 saturated heterocycles. The van der Waals surface area contributed by atoms with Crippen molar-refractivity contribution in [3.8, 4) is 11.5 Å². The zero-order valence-corrected chi connectivity index (χ0v) is 17.1. The Morgan fingerprint density at radius 2 is 1.79 bits per heavy atom. The van der Waals surface area contributed by atoms with Gasteiger partial charge in [-0.3, -0.25) is 20.4 Å². The Labute approximate surface area is 173 Å². The molecule has 0 aromatic heterocycles. The van der Waals surface area contributed by atoms with Crippen LogP contribution in [0.25, 0.3) is 6.08 Å². The maximum Gasteiger partial charge on any atom is 0.271 e. The molecule has 0 fully saturated rings. The second kappa shape index (κ2) is 10.0. The molecule has 0 spiro atoms. The smallest absolute Gasteiger partial charge is 0.271 e. The van der Waals surface area contributed by atoms with E-state index in [1.165, 1.54) is 19.3 Å². The summed E-state index contributed by atoms with van der Waals surface area (Å²) in [5.74, 6) is -0.161. The first kappa shape index (κ1) is 21.6. The van der Waals surface area contributed by atoms with E-state index in [1.807, 2.05) is 13.8 Å². The molecule has 148 valence electrons. The van der Waals surface area contributed by atoms with Gasteiger partial charge in [-0.25, -0.2) is 0 Å². The number of hydrogen-bond donors (Lipinski definition) is 2.